The van der Waals surface area contributed by atoms with Gasteiger partial charge in [-0.2, -0.15) is 5.10 Å². The van der Waals surface area contributed by atoms with Crippen molar-refractivity contribution in [3.05, 3.63) is 54.4 Å². The van der Waals surface area contributed by atoms with E-state index in [1.807, 2.05) is 36.5 Å². The fourth-order valence-corrected chi connectivity index (χ4v) is 1.31. The van der Waals surface area contributed by atoms with Crippen LogP contribution >= 0.6 is 0 Å². The number of rotatable bonds is 3. The van der Waals surface area contributed by atoms with Gasteiger partial charge in [0.05, 0.1) is 5.69 Å². The fourth-order valence-electron chi connectivity index (χ4n) is 1.31. The first kappa shape index (κ1) is 9.40. The molecule has 0 bridgehead atoms. The largest absolute Gasteiger partial charge is 0.299 e. The zero-order chi connectivity index (χ0) is 10.5. The molecule has 0 aliphatic heterocycles. The first-order valence-corrected chi connectivity index (χ1v) is 4.62. The van der Waals surface area contributed by atoms with Gasteiger partial charge in [0.2, 0.25) is 0 Å². The van der Waals surface area contributed by atoms with E-state index in [9.17, 15) is 4.79 Å². The monoisotopic (exact) mass is 198 g/mol. The lowest BCUT2D eigenvalue weighted by molar-refractivity contribution is -0.104. The maximum Gasteiger partial charge on any atom is 0.142 e. The van der Waals surface area contributed by atoms with Crippen molar-refractivity contribution >= 4 is 12.4 Å². The second kappa shape index (κ2) is 4.37. The van der Waals surface area contributed by atoms with Crippen LogP contribution in [0.2, 0.25) is 0 Å². The SMILES string of the molecule is O=C/C=C/c1ccc(-n2cccn2)cc1. The minimum Gasteiger partial charge on any atom is -0.299 e. The fraction of sp³-hybridized carbons (Fsp3) is 0. The summed E-state index contributed by atoms with van der Waals surface area (Å²) in [4.78, 5) is 10.1. The number of hydrogen-bond acceptors (Lipinski definition) is 2. The standard InChI is InChI=1S/C12H10N2O/c15-10-1-3-11-4-6-12(7-5-11)14-9-2-8-13-14/h1-10H/b3-1+. The van der Waals surface area contributed by atoms with Gasteiger partial charge in [0.25, 0.3) is 0 Å². The lowest BCUT2D eigenvalue weighted by Gasteiger charge is -2.00. The summed E-state index contributed by atoms with van der Waals surface area (Å²) in [6.07, 6.45) is 7.63. The molecule has 0 unspecified atom stereocenters. The first-order chi connectivity index (χ1) is 7.40. The lowest BCUT2D eigenvalue weighted by Crippen LogP contribution is -1.93. The van der Waals surface area contributed by atoms with Crippen molar-refractivity contribution in [1.82, 2.24) is 9.78 Å². The Balaban J connectivity index is 2.24. The summed E-state index contributed by atoms with van der Waals surface area (Å²) < 4.78 is 1.78. The van der Waals surface area contributed by atoms with Crippen molar-refractivity contribution in [2.24, 2.45) is 0 Å². The number of benzene rings is 1. The number of carbonyl (C=O) groups excluding carboxylic acids is 1. The predicted octanol–water partition coefficient (Wildman–Crippen LogP) is 2.08. The molecule has 1 aromatic carbocycles. The van der Waals surface area contributed by atoms with E-state index in [0.717, 1.165) is 17.5 Å². The number of aldehydes is 1. The van der Waals surface area contributed by atoms with Gasteiger partial charge >= 0.3 is 0 Å². The Labute approximate surface area is 87.7 Å². The molecule has 2 rings (SSSR count). The molecular weight excluding hydrogens is 188 g/mol. The van der Waals surface area contributed by atoms with E-state index in [4.69, 9.17) is 0 Å². The number of aromatic nitrogens is 2. The van der Waals surface area contributed by atoms with Crippen molar-refractivity contribution in [3.63, 3.8) is 0 Å². The van der Waals surface area contributed by atoms with Gasteiger partial charge in [0.15, 0.2) is 0 Å². The molecule has 0 N–H and O–H groups in total. The number of hydrogen-bond donors (Lipinski definition) is 0. The van der Waals surface area contributed by atoms with Crippen molar-refractivity contribution < 1.29 is 4.79 Å². The molecule has 2 aromatic rings. The molecule has 0 saturated carbocycles. The van der Waals surface area contributed by atoms with Gasteiger partial charge in [-0.05, 0) is 29.8 Å². The van der Waals surface area contributed by atoms with Crippen molar-refractivity contribution in [2.75, 3.05) is 0 Å². The van der Waals surface area contributed by atoms with Crippen LogP contribution in [0.15, 0.2) is 48.8 Å². The number of allylic oxidation sites excluding steroid dienone is 1. The Morgan fingerprint density at radius 3 is 2.60 bits per heavy atom. The zero-order valence-electron chi connectivity index (χ0n) is 8.08. The molecule has 3 heteroatoms. The second-order valence-electron chi connectivity index (χ2n) is 3.04. The summed E-state index contributed by atoms with van der Waals surface area (Å²) in [7, 11) is 0. The van der Waals surface area contributed by atoms with Crippen molar-refractivity contribution in [3.8, 4) is 5.69 Å². The van der Waals surface area contributed by atoms with Crippen LogP contribution in [0.1, 0.15) is 5.56 Å². The third kappa shape index (κ3) is 2.20. The van der Waals surface area contributed by atoms with Gasteiger partial charge in [-0.25, -0.2) is 4.68 Å². The lowest BCUT2D eigenvalue weighted by atomic mass is 10.2. The van der Waals surface area contributed by atoms with E-state index in [1.54, 1.807) is 17.0 Å². The highest BCUT2D eigenvalue weighted by atomic mass is 16.1. The summed E-state index contributed by atoms with van der Waals surface area (Å²) in [5, 5.41) is 4.12. The maximum absolute atomic E-state index is 10.1. The topological polar surface area (TPSA) is 34.9 Å². The minimum atomic E-state index is 0.765. The van der Waals surface area contributed by atoms with Crippen LogP contribution in [0, 0.1) is 0 Å². The molecule has 0 fully saturated rings. The van der Waals surface area contributed by atoms with Crippen LogP contribution in [0.25, 0.3) is 11.8 Å². The van der Waals surface area contributed by atoms with E-state index in [1.165, 1.54) is 6.08 Å². The smallest absolute Gasteiger partial charge is 0.142 e. The molecule has 0 amide bonds. The van der Waals surface area contributed by atoms with Crippen LogP contribution in [0.3, 0.4) is 0 Å². The third-order valence-corrected chi connectivity index (χ3v) is 2.03. The molecular formula is C12H10N2O. The molecule has 0 atom stereocenters. The Kier molecular flexibility index (Phi) is 2.74. The second-order valence-corrected chi connectivity index (χ2v) is 3.04. The molecule has 0 radical (unpaired) electrons. The highest BCUT2D eigenvalue weighted by Gasteiger charge is 1.94. The first-order valence-electron chi connectivity index (χ1n) is 4.62. The summed E-state index contributed by atoms with van der Waals surface area (Å²) in [5.74, 6) is 0. The molecule has 1 heterocycles. The minimum absolute atomic E-state index is 0.765. The molecule has 0 aliphatic carbocycles. The molecule has 3 nitrogen and oxygen atoms in total. The van der Waals surface area contributed by atoms with Crippen LogP contribution in [-0.4, -0.2) is 16.1 Å². The average Bonchev–Trinajstić information content (AvgIpc) is 2.80. The summed E-state index contributed by atoms with van der Waals surface area (Å²) >= 11 is 0. The van der Waals surface area contributed by atoms with Gasteiger partial charge in [-0.15, -0.1) is 0 Å². The van der Waals surface area contributed by atoms with E-state index >= 15 is 0 Å². The summed E-state index contributed by atoms with van der Waals surface area (Å²) in [5.41, 5.74) is 2.00. The Hall–Kier alpha value is -2.16. The van der Waals surface area contributed by atoms with Crippen molar-refractivity contribution in [2.45, 2.75) is 0 Å². The molecule has 15 heavy (non-hydrogen) atoms. The average molecular weight is 198 g/mol. The molecule has 0 aliphatic rings. The summed E-state index contributed by atoms with van der Waals surface area (Å²) in [6.45, 7) is 0. The number of nitrogens with zero attached hydrogens (tertiary/aromatic N) is 2. The molecule has 0 spiro atoms. The van der Waals surface area contributed by atoms with Gasteiger partial charge in [-0.3, -0.25) is 4.79 Å². The Morgan fingerprint density at radius 2 is 2.00 bits per heavy atom. The van der Waals surface area contributed by atoms with E-state index in [2.05, 4.69) is 5.10 Å². The summed E-state index contributed by atoms with van der Waals surface area (Å²) in [6, 6.07) is 9.67. The third-order valence-electron chi connectivity index (χ3n) is 2.03. The Bertz CT molecular complexity index is 455. The highest BCUT2D eigenvalue weighted by Crippen LogP contribution is 2.09. The van der Waals surface area contributed by atoms with E-state index in [0.29, 0.717) is 0 Å². The van der Waals surface area contributed by atoms with Crippen LogP contribution in [-0.2, 0) is 4.79 Å². The van der Waals surface area contributed by atoms with Crippen molar-refractivity contribution in [1.29, 1.82) is 0 Å². The maximum atomic E-state index is 10.1. The van der Waals surface area contributed by atoms with Gasteiger partial charge in [0.1, 0.15) is 6.29 Å². The molecule has 74 valence electrons. The van der Waals surface area contributed by atoms with E-state index < -0.39 is 0 Å². The van der Waals surface area contributed by atoms with E-state index in [-0.39, 0.29) is 0 Å². The van der Waals surface area contributed by atoms with Crippen LogP contribution < -0.4 is 0 Å². The zero-order valence-corrected chi connectivity index (χ0v) is 8.08. The Morgan fingerprint density at radius 1 is 1.20 bits per heavy atom. The normalized spacial score (nSPS) is 10.7. The van der Waals surface area contributed by atoms with Crippen LogP contribution in [0.4, 0.5) is 0 Å². The van der Waals surface area contributed by atoms with Gasteiger partial charge < -0.3 is 0 Å². The van der Waals surface area contributed by atoms with Gasteiger partial charge in [-0.1, -0.05) is 18.2 Å². The highest BCUT2D eigenvalue weighted by molar-refractivity contribution is 5.73. The quantitative estimate of drug-likeness (QED) is 0.559. The molecule has 1 aromatic heterocycles. The number of carbonyl (C=O) groups is 1. The predicted molar refractivity (Wildman–Crippen MR) is 58.7 cm³/mol. The van der Waals surface area contributed by atoms with Crippen LogP contribution in [0.5, 0.6) is 0 Å². The van der Waals surface area contributed by atoms with Gasteiger partial charge in [0, 0.05) is 12.4 Å². The molecule has 0 saturated heterocycles.